The van der Waals surface area contributed by atoms with Gasteiger partial charge in [0.25, 0.3) is 0 Å². The number of aryl methyl sites for hydroxylation is 2. The Hall–Kier alpha value is -2.18. The Morgan fingerprint density at radius 1 is 1.48 bits per heavy atom. The van der Waals surface area contributed by atoms with Crippen molar-refractivity contribution in [1.82, 2.24) is 24.8 Å². The molecule has 2 fully saturated rings. The molecule has 0 aromatic carbocycles. The number of carbonyl (C=O) groups is 1. The molecule has 4 rings (SSSR count). The van der Waals surface area contributed by atoms with Crippen LogP contribution in [-0.4, -0.2) is 37.3 Å². The fourth-order valence-corrected chi connectivity index (χ4v) is 3.53. The second-order valence-electron chi connectivity index (χ2n) is 6.49. The Labute approximate surface area is 134 Å². The largest absolute Gasteiger partial charge is 0.339 e. The van der Waals surface area contributed by atoms with Crippen molar-refractivity contribution in [3.8, 4) is 0 Å². The van der Waals surface area contributed by atoms with E-state index in [9.17, 15) is 4.79 Å². The standard InChI is InChI=1S/C16H21N5O2/c1-3-14-18-15(19-23-14)13-5-4-6-21(13)16(22)12-7-11(12)10-8-17-20(2)9-10/h8-9,11-13H,3-7H2,1-2H3/t11-,12-,13+/m1/s1. The smallest absolute Gasteiger partial charge is 0.226 e. The fourth-order valence-electron chi connectivity index (χ4n) is 3.53. The van der Waals surface area contributed by atoms with Gasteiger partial charge in [0.1, 0.15) is 0 Å². The summed E-state index contributed by atoms with van der Waals surface area (Å²) in [6, 6.07) is -0.0262. The average Bonchev–Trinajstić information content (AvgIpc) is 2.96. The molecule has 2 aromatic rings. The zero-order valence-electron chi connectivity index (χ0n) is 13.5. The van der Waals surface area contributed by atoms with Crippen LogP contribution < -0.4 is 0 Å². The van der Waals surface area contributed by atoms with Crippen LogP contribution in [0.1, 0.15) is 55.4 Å². The summed E-state index contributed by atoms with van der Waals surface area (Å²) in [5, 5.41) is 8.27. The molecule has 7 nitrogen and oxygen atoms in total. The highest BCUT2D eigenvalue weighted by Crippen LogP contribution is 2.49. The highest BCUT2D eigenvalue weighted by Gasteiger charge is 2.48. The highest BCUT2D eigenvalue weighted by atomic mass is 16.5. The third kappa shape index (κ3) is 2.54. The molecule has 0 unspecified atom stereocenters. The van der Waals surface area contributed by atoms with Crippen LogP contribution in [0, 0.1) is 5.92 Å². The Bertz CT molecular complexity index is 722. The summed E-state index contributed by atoms with van der Waals surface area (Å²) in [6.45, 7) is 2.77. The summed E-state index contributed by atoms with van der Waals surface area (Å²) in [6.07, 6.45) is 7.42. The molecule has 2 aliphatic rings. The molecule has 1 amide bonds. The molecule has 0 radical (unpaired) electrons. The van der Waals surface area contributed by atoms with Gasteiger partial charge in [-0.25, -0.2) is 0 Å². The number of likely N-dealkylation sites (tertiary alicyclic amines) is 1. The first-order valence-corrected chi connectivity index (χ1v) is 8.29. The third-order valence-corrected chi connectivity index (χ3v) is 4.88. The molecular formula is C16H21N5O2. The third-order valence-electron chi connectivity index (χ3n) is 4.88. The van der Waals surface area contributed by atoms with Gasteiger partial charge in [-0.3, -0.25) is 9.48 Å². The quantitative estimate of drug-likeness (QED) is 0.860. The van der Waals surface area contributed by atoms with Gasteiger partial charge in [0.15, 0.2) is 5.82 Å². The summed E-state index contributed by atoms with van der Waals surface area (Å²) in [5.74, 6) is 1.92. The molecule has 122 valence electrons. The molecule has 1 saturated heterocycles. The lowest BCUT2D eigenvalue weighted by atomic mass is 10.1. The maximum Gasteiger partial charge on any atom is 0.226 e. The molecule has 1 saturated carbocycles. The summed E-state index contributed by atoms with van der Waals surface area (Å²) < 4.78 is 7.00. The van der Waals surface area contributed by atoms with Crippen LogP contribution in [0.15, 0.2) is 16.9 Å². The molecule has 3 heterocycles. The van der Waals surface area contributed by atoms with Crippen LogP contribution in [0.5, 0.6) is 0 Å². The minimum absolute atomic E-state index is 0.0262. The monoisotopic (exact) mass is 315 g/mol. The van der Waals surface area contributed by atoms with Gasteiger partial charge in [0.2, 0.25) is 11.8 Å². The van der Waals surface area contributed by atoms with Crippen molar-refractivity contribution in [2.24, 2.45) is 13.0 Å². The first-order valence-electron chi connectivity index (χ1n) is 8.29. The van der Waals surface area contributed by atoms with E-state index in [4.69, 9.17) is 4.52 Å². The van der Waals surface area contributed by atoms with E-state index in [1.165, 1.54) is 0 Å². The predicted octanol–water partition coefficient (Wildman–Crippen LogP) is 1.83. The van der Waals surface area contributed by atoms with Crippen molar-refractivity contribution < 1.29 is 9.32 Å². The minimum atomic E-state index is -0.0262. The van der Waals surface area contributed by atoms with Crippen molar-refractivity contribution in [3.63, 3.8) is 0 Å². The van der Waals surface area contributed by atoms with E-state index in [0.29, 0.717) is 17.6 Å². The molecule has 0 spiro atoms. The van der Waals surface area contributed by atoms with Crippen LogP contribution in [0.25, 0.3) is 0 Å². The molecule has 0 bridgehead atoms. The van der Waals surface area contributed by atoms with E-state index in [1.807, 2.05) is 31.3 Å². The van der Waals surface area contributed by atoms with Crippen LogP contribution in [-0.2, 0) is 18.3 Å². The summed E-state index contributed by atoms with van der Waals surface area (Å²) in [7, 11) is 1.90. The van der Waals surface area contributed by atoms with E-state index in [2.05, 4.69) is 15.2 Å². The number of hydrogen-bond donors (Lipinski definition) is 0. The van der Waals surface area contributed by atoms with Crippen molar-refractivity contribution in [2.75, 3.05) is 6.54 Å². The van der Waals surface area contributed by atoms with E-state index in [0.717, 1.165) is 37.8 Å². The van der Waals surface area contributed by atoms with Gasteiger partial charge >= 0.3 is 0 Å². The summed E-state index contributed by atoms with van der Waals surface area (Å²) in [4.78, 5) is 19.2. The van der Waals surface area contributed by atoms with E-state index < -0.39 is 0 Å². The average molecular weight is 315 g/mol. The number of nitrogens with zero attached hydrogens (tertiary/aromatic N) is 5. The first kappa shape index (κ1) is 14.4. The molecule has 0 N–H and O–H groups in total. The number of carbonyl (C=O) groups excluding carboxylic acids is 1. The number of aromatic nitrogens is 4. The van der Waals surface area contributed by atoms with Crippen LogP contribution in [0.4, 0.5) is 0 Å². The molecule has 7 heteroatoms. The lowest BCUT2D eigenvalue weighted by Gasteiger charge is -2.22. The summed E-state index contributed by atoms with van der Waals surface area (Å²) in [5.41, 5.74) is 1.16. The zero-order chi connectivity index (χ0) is 16.0. The predicted molar refractivity (Wildman–Crippen MR) is 81.4 cm³/mol. The normalized spacial score (nSPS) is 26.7. The Balaban J connectivity index is 1.47. The fraction of sp³-hybridized carbons (Fsp3) is 0.625. The topological polar surface area (TPSA) is 77.1 Å². The van der Waals surface area contributed by atoms with Crippen LogP contribution in [0.2, 0.25) is 0 Å². The van der Waals surface area contributed by atoms with Crippen LogP contribution >= 0.6 is 0 Å². The lowest BCUT2D eigenvalue weighted by molar-refractivity contribution is -0.133. The Morgan fingerprint density at radius 2 is 2.35 bits per heavy atom. The van der Waals surface area contributed by atoms with Crippen molar-refractivity contribution in [1.29, 1.82) is 0 Å². The minimum Gasteiger partial charge on any atom is -0.339 e. The van der Waals surface area contributed by atoms with Crippen molar-refractivity contribution in [3.05, 3.63) is 29.7 Å². The van der Waals surface area contributed by atoms with E-state index in [-0.39, 0.29) is 17.9 Å². The maximum atomic E-state index is 12.9. The van der Waals surface area contributed by atoms with Gasteiger partial charge in [0, 0.05) is 32.1 Å². The number of rotatable bonds is 4. The molecule has 3 atom stereocenters. The molecule has 2 aromatic heterocycles. The van der Waals surface area contributed by atoms with Gasteiger partial charge in [-0.15, -0.1) is 0 Å². The van der Waals surface area contributed by atoms with Crippen molar-refractivity contribution in [2.45, 2.75) is 44.6 Å². The lowest BCUT2D eigenvalue weighted by Crippen LogP contribution is -2.32. The van der Waals surface area contributed by atoms with Gasteiger partial charge < -0.3 is 9.42 Å². The molecule has 23 heavy (non-hydrogen) atoms. The highest BCUT2D eigenvalue weighted by molar-refractivity contribution is 5.83. The van der Waals surface area contributed by atoms with Crippen LogP contribution in [0.3, 0.4) is 0 Å². The molecule has 1 aliphatic carbocycles. The van der Waals surface area contributed by atoms with Crippen molar-refractivity contribution >= 4 is 5.91 Å². The summed E-state index contributed by atoms with van der Waals surface area (Å²) >= 11 is 0. The zero-order valence-corrected chi connectivity index (χ0v) is 13.5. The van der Waals surface area contributed by atoms with Gasteiger partial charge in [-0.2, -0.15) is 10.1 Å². The second-order valence-corrected chi connectivity index (χ2v) is 6.49. The van der Waals surface area contributed by atoms with E-state index >= 15 is 0 Å². The maximum absolute atomic E-state index is 12.9. The molecular weight excluding hydrogens is 294 g/mol. The first-order chi connectivity index (χ1) is 11.2. The second kappa shape index (κ2) is 5.47. The van der Waals surface area contributed by atoms with Gasteiger partial charge in [-0.1, -0.05) is 12.1 Å². The number of hydrogen-bond acceptors (Lipinski definition) is 5. The SMILES string of the molecule is CCc1nc([C@@H]2CCCN2C(=O)[C@@H]2C[C@@H]2c2cnn(C)c2)no1. The Morgan fingerprint density at radius 3 is 3.04 bits per heavy atom. The van der Waals surface area contributed by atoms with Gasteiger partial charge in [0.05, 0.1) is 12.2 Å². The molecule has 1 aliphatic heterocycles. The van der Waals surface area contributed by atoms with Gasteiger partial charge in [-0.05, 0) is 30.7 Å². The number of amides is 1. The Kier molecular flexibility index (Phi) is 3.43. The van der Waals surface area contributed by atoms with E-state index in [1.54, 1.807) is 4.68 Å².